The Balaban J connectivity index is 1.99. The maximum absolute atomic E-state index is 11.8. The zero-order chi connectivity index (χ0) is 18.4. The standard InChI is InChI=1S/C18H21NO6/c1-4-5-10-23-15(20)12-6-8-13(9-7-12)19-11-14-16(21)24-18(2,3)25-17(14)22/h6-9,11,14H,4-5,10H2,1-3H3. The molecule has 1 aliphatic rings. The van der Waals surface area contributed by atoms with Crippen LogP contribution in [0.1, 0.15) is 44.0 Å². The molecule has 0 radical (unpaired) electrons. The SMILES string of the molecule is CCCCOC(=O)c1ccc(N=CC2C(=O)OC(C)(C)OC2=O)cc1. The molecule has 1 heterocycles. The second-order valence-electron chi connectivity index (χ2n) is 6.03. The Morgan fingerprint density at radius 3 is 2.36 bits per heavy atom. The summed E-state index contributed by atoms with van der Waals surface area (Å²) >= 11 is 0. The molecule has 0 aliphatic carbocycles. The number of cyclic esters (lactones) is 2. The third-order valence-electron chi connectivity index (χ3n) is 3.41. The molecule has 1 fully saturated rings. The lowest BCUT2D eigenvalue weighted by molar-refractivity contribution is -0.235. The minimum atomic E-state index is -1.27. The van der Waals surface area contributed by atoms with E-state index in [2.05, 4.69) is 4.99 Å². The van der Waals surface area contributed by atoms with Crippen molar-refractivity contribution in [2.75, 3.05) is 6.61 Å². The first-order valence-electron chi connectivity index (χ1n) is 8.09. The number of aliphatic imine (C=N–C) groups is 1. The van der Waals surface area contributed by atoms with Crippen LogP contribution in [0.5, 0.6) is 0 Å². The van der Waals surface area contributed by atoms with E-state index in [4.69, 9.17) is 14.2 Å². The lowest BCUT2D eigenvalue weighted by Crippen LogP contribution is -2.46. The van der Waals surface area contributed by atoms with Gasteiger partial charge in [0.1, 0.15) is 0 Å². The van der Waals surface area contributed by atoms with Crippen molar-refractivity contribution in [2.45, 2.75) is 39.4 Å². The van der Waals surface area contributed by atoms with Gasteiger partial charge in [-0.1, -0.05) is 13.3 Å². The monoisotopic (exact) mass is 347 g/mol. The van der Waals surface area contributed by atoms with Gasteiger partial charge in [-0.3, -0.25) is 14.6 Å². The highest BCUT2D eigenvalue weighted by atomic mass is 16.7. The van der Waals surface area contributed by atoms with Crippen LogP contribution < -0.4 is 0 Å². The van der Waals surface area contributed by atoms with Gasteiger partial charge in [0.15, 0.2) is 5.92 Å². The summed E-state index contributed by atoms with van der Waals surface area (Å²) in [4.78, 5) is 39.5. The third kappa shape index (κ3) is 5.14. The Labute approximate surface area is 146 Å². The molecule has 7 heteroatoms. The molecule has 0 amide bonds. The molecule has 0 aromatic heterocycles. The van der Waals surface area contributed by atoms with E-state index in [1.54, 1.807) is 24.3 Å². The van der Waals surface area contributed by atoms with Gasteiger partial charge in [-0.25, -0.2) is 4.79 Å². The van der Waals surface area contributed by atoms with E-state index in [0.717, 1.165) is 12.8 Å². The summed E-state index contributed by atoms with van der Waals surface area (Å²) < 4.78 is 15.1. The Hall–Kier alpha value is -2.70. The van der Waals surface area contributed by atoms with Crippen LogP contribution in [0.25, 0.3) is 0 Å². The molecule has 7 nitrogen and oxygen atoms in total. The minimum Gasteiger partial charge on any atom is -0.462 e. The molecule has 0 N–H and O–H groups in total. The van der Waals surface area contributed by atoms with Crippen LogP contribution >= 0.6 is 0 Å². The van der Waals surface area contributed by atoms with E-state index in [9.17, 15) is 14.4 Å². The van der Waals surface area contributed by atoms with E-state index in [-0.39, 0.29) is 0 Å². The minimum absolute atomic E-state index is 0.386. The average Bonchev–Trinajstić information content (AvgIpc) is 2.53. The number of carbonyl (C=O) groups is 3. The number of carbonyl (C=O) groups excluding carboxylic acids is 3. The van der Waals surface area contributed by atoms with Gasteiger partial charge >= 0.3 is 17.9 Å². The zero-order valence-corrected chi connectivity index (χ0v) is 14.5. The van der Waals surface area contributed by atoms with Crippen LogP contribution in [0.2, 0.25) is 0 Å². The number of nitrogens with zero attached hydrogens (tertiary/aromatic N) is 1. The highest BCUT2D eigenvalue weighted by Gasteiger charge is 2.42. The third-order valence-corrected chi connectivity index (χ3v) is 3.41. The first-order chi connectivity index (χ1) is 11.8. The van der Waals surface area contributed by atoms with Crippen LogP contribution in [-0.4, -0.2) is 36.5 Å². The highest BCUT2D eigenvalue weighted by molar-refractivity contribution is 6.10. The quantitative estimate of drug-likeness (QED) is 0.340. The molecule has 1 aliphatic heterocycles. The van der Waals surface area contributed by atoms with Crippen molar-refractivity contribution >= 4 is 29.8 Å². The van der Waals surface area contributed by atoms with Gasteiger partial charge in [0.25, 0.3) is 5.79 Å². The molecule has 0 spiro atoms. The maximum Gasteiger partial charge on any atom is 0.338 e. The van der Waals surface area contributed by atoms with Gasteiger partial charge < -0.3 is 14.2 Å². The van der Waals surface area contributed by atoms with Crippen LogP contribution in [0.3, 0.4) is 0 Å². The lowest BCUT2D eigenvalue weighted by Gasteiger charge is -2.31. The summed E-state index contributed by atoms with van der Waals surface area (Å²) in [5.41, 5.74) is 0.892. The van der Waals surface area contributed by atoms with Gasteiger partial charge in [-0.15, -0.1) is 0 Å². The van der Waals surface area contributed by atoms with E-state index >= 15 is 0 Å². The summed E-state index contributed by atoms with van der Waals surface area (Å²) in [6, 6.07) is 6.33. The van der Waals surface area contributed by atoms with Crippen molar-refractivity contribution in [3.63, 3.8) is 0 Å². The lowest BCUT2D eigenvalue weighted by atomic mass is 10.1. The number of hydrogen-bond acceptors (Lipinski definition) is 7. The number of esters is 3. The van der Waals surface area contributed by atoms with E-state index in [0.29, 0.717) is 17.9 Å². The van der Waals surface area contributed by atoms with Crippen molar-refractivity contribution in [2.24, 2.45) is 10.9 Å². The Morgan fingerprint density at radius 2 is 1.80 bits per heavy atom. The van der Waals surface area contributed by atoms with Crippen molar-refractivity contribution in [1.82, 2.24) is 0 Å². The fourth-order valence-corrected chi connectivity index (χ4v) is 2.09. The molecular weight excluding hydrogens is 326 g/mol. The van der Waals surface area contributed by atoms with E-state index in [1.807, 2.05) is 6.92 Å². The number of ether oxygens (including phenoxy) is 3. The molecule has 1 aromatic rings. The first kappa shape index (κ1) is 18.6. The molecule has 1 saturated heterocycles. The Kier molecular flexibility index (Phi) is 5.90. The van der Waals surface area contributed by atoms with Crippen LogP contribution in [0, 0.1) is 5.92 Å². The van der Waals surface area contributed by atoms with Gasteiger partial charge in [0, 0.05) is 20.1 Å². The molecular formula is C18H21NO6. The highest BCUT2D eigenvalue weighted by Crippen LogP contribution is 2.23. The molecule has 134 valence electrons. The topological polar surface area (TPSA) is 91.3 Å². The van der Waals surface area contributed by atoms with Crippen molar-refractivity contribution in [1.29, 1.82) is 0 Å². The molecule has 25 heavy (non-hydrogen) atoms. The average molecular weight is 347 g/mol. The van der Waals surface area contributed by atoms with Gasteiger partial charge in [0.2, 0.25) is 0 Å². The molecule has 0 atom stereocenters. The second kappa shape index (κ2) is 7.92. The molecule has 0 saturated carbocycles. The maximum atomic E-state index is 11.8. The number of rotatable bonds is 6. The van der Waals surface area contributed by atoms with Crippen molar-refractivity contribution < 1.29 is 28.6 Å². The second-order valence-corrected chi connectivity index (χ2v) is 6.03. The van der Waals surface area contributed by atoms with Crippen molar-refractivity contribution in [3.8, 4) is 0 Å². The molecule has 1 aromatic carbocycles. The predicted molar refractivity (Wildman–Crippen MR) is 89.5 cm³/mol. The fraction of sp³-hybridized carbons (Fsp3) is 0.444. The Morgan fingerprint density at radius 1 is 1.20 bits per heavy atom. The smallest absolute Gasteiger partial charge is 0.338 e. The van der Waals surface area contributed by atoms with Gasteiger partial charge in [-0.2, -0.15) is 0 Å². The van der Waals surface area contributed by atoms with Crippen LogP contribution in [0.15, 0.2) is 29.3 Å². The number of unbranched alkanes of at least 4 members (excludes halogenated alkanes) is 1. The summed E-state index contributed by atoms with van der Waals surface area (Å²) in [6.07, 6.45) is 2.94. The van der Waals surface area contributed by atoms with Gasteiger partial charge in [0.05, 0.1) is 17.9 Å². The summed E-state index contributed by atoms with van der Waals surface area (Å²) in [7, 11) is 0. The summed E-state index contributed by atoms with van der Waals surface area (Å²) in [5.74, 6) is -4.28. The van der Waals surface area contributed by atoms with Crippen LogP contribution in [-0.2, 0) is 23.8 Å². The first-order valence-corrected chi connectivity index (χ1v) is 8.09. The normalized spacial score (nSPS) is 17.2. The van der Waals surface area contributed by atoms with E-state index < -0.39 is 29.6 Å². The number of benzene rings is 1. The zero-order valence-electron chi connectivity index (χ0n) is 14.5. The van der Waals surface area contributed by atoms with Gasteiger partial charge in [-0.05, 0) is 30.7 Å². The predicted octanol–water partition coefficient (Wildman–Crippen LogP) is 2.80. The molecule has 0 bridgehead atoms. The largest absolute Gasteiger partial charge is 0.462 e. The summed E-state index contributed by atoms with van der Waals surface area (Å²) in [6.45, 7) is 5.36. The summed E-state index contributed by atoms with van der Waals surface area (Å²) in [5, 5.41) is 0. The molecule has 0 unspecified atom stereocenters. The molecule has 2 rings (SSSR count). The van der Waals surface area contributed by atoms with Crippen LogP contribution in [0.4, 0.5) is 5.69 Å². The van der Waals surface area contributed by atoms with E-state index in [1.165, 1.54) is 20.1 Å². The number of hydrogen-bond donors (Lipinski definition) is 0. The Bertz CT molecular complexity index is 657. The van der Waals surface area contributed by atoms with Crippen molar-refractivity contribution in [3.05, 3.63) is 29.8 Å². The fourth-order valence-electron chi connectivity index (χ4n) is 2.09.